The lowest BCUT2D eigenvalue weighted by atomic mass is 10.1. The molecule has 2 radical (unpaired) electrons. The maximum absolute atomic E-state index is 12.6. The van der Waals surface area contributed by atoms with E-state index >= 15 is 0 Å². The highest BCUT2D eigenvalue weighted by Gasteiger charge is 2.50. The van der Waals surface area contributed by atoms with E-state index in [0.29, 0.717) is 0 Å². The number of aromatic nitrogens is 8. The van der Waals surface area contributed by atoms with Crippen molar-refractivity contribution in [3.63, 3.8) is 0 Å². The van der Waals surface area contributed by atoms with Gasteiger partial charge in [-0.05, 0) is 0 Å². The third-order valence-electron chi connectivity index (χ3n) is 7.65. The maximum Gasteiger partial charge on any atom is 0.490 e. The molecule has 2 saturated heterocycles. The van der Waals surface area contributed by atoms with E-state index in [9.17, 15) is 62.8 Å². The molecule has 2 aliphatic rings. The van der Waals surface area contributed by atoms with Crippen LogP contribution in [0.4, 0.5) is 11.6 Å². The van der Waals surface area contributed by atoms with Gasteiger partial charge in [-0.2, -0.15) is 12.9 Å². The van der Waals surface area contributed by atoms with E-state index in [4.69, 9.17) is 33.0 Å². The number of rotatable bonds is 16. The molecule has 2 aliphatic heterocycles. The molecule has 4 aromatic rings. The number of nitrogens with zero attached hydrogens (tertiary/aromatic N) is 8. The van der Waals surface area contributed by atoms with Gasteiger partial charge in [0.2, 0.25) is 7.57 Å². The second kappa shape index (κ2) is 16.0. The molecular weight excluding hydrogens is 882 g/mol. The Morgan fingerprint density at radius 1 is 0.596 bits per heavy atom. The van der Waals surface area contributed by atoms with E-state index in [-0.39, 0.29) is 34.0 Å². The summed E-state index contributed by atoms with van der Waals surface area (Å²) in [5, 5.41) is 41.9. The molecule has 0 aromatic carbocycles. The van der Waals surface area contributed by atoms with Crippen LogP contribution in [0.5, 0.6) is 0 Å². The molecule has 12 N–H and O–H groups in total. The Labute approximate surface area is 316 Å². The first kappa shape index (κ1) is 43.8. The second-order valence-corrected chi connectivity index (χ2v) is 19.5. The number of nitrogen functional groups attached to an aromatic ring is 2. The van der Waals surface area contributed by atoms with Crippen LogP contribution in [0.2, 0.25) is 0 Å². The molecule has 6 heterocycles. The quantitative estimate of drug-likeness (QED) is 0.0423. The number of aliphatic hydroxyl groups is 4. The largest absolute Gasteiger partial charge is 0.490 e. The lowest BCUT2D eigenvalue weighted by molar-refractivity contribution is -0.0503. The van der Waals surface area contributed by atoms with Crippen LogP contribution in [-0.4, -0.2) is 136 Å². The maximum atomic E-state index is 12.6. The zero-order valence-corrected chi connectivity index (χ0v) is 32.2. The van der Waals surface area contributed by atoms with Gasteiger partial charge in [-0.15, -0.1) is 0 Å². The van der Waals surface area contributed by atoms with E-state index < -0.39 is 101 Å². The lowest BCUT2D eigenvalue weighted by Gasteiger charge is -2.23. The molecule has 2 fully saturated rings. The van der Waals surface area contributed by atoms with E-state index in [0.717, 1.165) is 34.4 Å². The summed E-state index contributed by atoms with van der Waals surface area (Å²) in [6.45, 7) is -2.20. The highest BCUT2D eigenvalue weighted by atomic mass is 31.3. The first-order valence-corrected chi connectivity index (χ1v) is 22.7. The Balaban J connectivity index is 1.00. The number of ether oxygens (including phenoxy) is 2. The first-order chi connectivity index (χ1) is 26.4. The lowest BCUT2D eigenvalue weighted by Crippen LogP contribution is -2.33. The van der Waals surface area contributed by atoms with E-state index in [1.54, 1.807) is 0 Å². The minimum absolute atomic E-state index is 0.0220. The number of hydrogen-bond acceptors (Lipinski definition) is 25. The average molecular weight is 910 g/mol. The van der Waals surface area contributed by atoms with Crippen molar-refractivity contribution in [2.24, 2.45) is 0 Å². The van der Waals surface area contributed by atoms with Crippen molar-refractivity contribution in [2.45, 2.75) is 49.1 Å². The molecule has 0 aliphatic carbocycles. The molecule has 0 saturated carbocycles. The third-order valence-corrected chi connectivity index (χ3v) is 15.3. The number of nitrogens with two attached hydrogens (primary N) is 2. The number of phosphoric ester groups is 1. The van der Waals surface area contributed by atoms with Gasteiger partial charge in [-0.25, -0.2) is 52.5 Å². The third kappa shape index (κ3) is 9.85. The smallest absolute Gasteiger partial charge is 0.387 e. The Kier molecular flexibility index (Phi) is 12.3. The van der Waals surface area contributed by atoms with Crippen molar-refractivity contribution < 1.29 is 98.6 Å². The Bertz CT molecular complexity index is 2230. The number of anilines is 2. The number of aliphatic hydroxyl groups excluding tert-OH is 4. The minimum Gasteiger partial charge on any atom is -0.387 e. The molecule has 13 atom stereocenters. The fourth-order valence-corrected chi connectivity index (χ4v) is 11.8. The van der Waals surface area contributed by atoms with Gasteiger partial charge in [-0.3, -0.25) is 18.2 Å². The van der Waals surface area contributed by atoms with E-state index in [1.807, 2.05) is 0 Å². The summed E-state index contributed by atoms with van der Waals surface area (Å²) in [4.78, 5) is 62.9. The number of phosphoric acid groups is 4. The van der Waals surface area contributed by atoms with Gasteiger partial charge in [0, 0.05) is 0 Å². The van der Waals surface area contributed by atoms with Gasteiger partial charge < -0.3 is 65.5 Å². The van der Waals surface area contributed by atoms with Crippen LogP contribution in [0, 0.1) is 0 Å². The molecule has 31 nitrogen and oxygen atoms in total. The summed E-state index contributed by atoms with van der Waals surface area (Å²) in [6, 6.07) is 0. The van der Waals surface area contributed by atoms with Crippen LogP contribution in [0.1, 0.15) is 12.5 Å². The summed E-state index contributed by atoms with van der Waals surface area (Å²) in [5.74, 6) is -0.0549. The predicted octanol–water partition coefficient (Wildman–Crippen LogP) is -2.15. The number of hydrogen-bond donors (Lipinski definition) is 10. The van der Waals surface area contributed by atoms with Gasteiger partial charge in [0.1, 0.15) is 60.3 Å². The van der Waals surface area contributed by atoms with Crippen molar-refractivity contribution in [1.82, 2.24) is 39.0 Å². The monoisotopic (exact) mass is 910 g/mol. The van der Waals surface area contributed by atoms with Gasteiger partial charge in [0.05, 0.1) is 25.9 Å². The SMILES string of the molecule is [B][P@](=O)(OC[C@H]1O[C@@H](n2cnc3c(N)ncnc32)[C@H](O)[C@@H]1O)OP(=O)(O)OP(=O)(O)OP(=O)(O)OP(=O)(O)OC[C@H]1O[C@@H](n2cnc3c(N)ncnc32)[C@H](O)[C@@H]1O. The molecule has 312 valence electrons. The van der Waals surface area contributed by atoms with Crippen LogP contribution >= 0.6 is 38.8 Å². The first-order valence-electron chi connectivity index (χ1n) is 15.1. The summed E-state index contributed by atoms with van der Waals surface area (Å²) < 4.78 is 100.0. The average Bonchev–Trinajstić information content (AvgIpc) is 3.83. The van der Waals surface area contributed by atoms with Crippen molar-refractivity contribution in [3.05, 3.63) is 25.3 Å². The van der Waals surface area contributed by atoms with Crippen molar-refractivity contribution in [2.75, 3.05) is 24.7 Å². The fourth-order valence-electron chi connectivity index (χ4n) is 5.28. The van der Waals surface area contributed by atoms with Gasteiger partial charge in [0.25, 0.3) is 7.47 Å². The molecule has 37 heteroatoms. The Morgan fingerprint density at radius 3 is 1.42 bits per heavy atom. The molecule has 0 spiro atoms. The topological polar surface area (TPSA) is 460 Å². The molecule has 57 heavy (non-hydrogen) atoms. The van der Waals surface area contributed by atoms with E-state index in [1.165, 1.54) is 0 Å². The standard InChI is InChI=1S/C20H28BN10O21P5/c21-53(36,45-1-7-11(32)13(34)19(47-7)30-5-28-9-15(22)24-3-26-17(9)30)49-55(39,40)51-57(43,44)52-56(41,42)50-54(37,38)46-2-8-12(33)14(35)20(48-8)31-6-29-10-16(23)25-4-27-18(10)31/h3-8,11-14,19-20,32-35H,1-2H2,(H,37,38)(H,39,40)(H,41,42)(H,43,44)(H2,22,24,26)(H2,23,25,27)/t7-,8-,11-,12-,13-,14-,19-,20-,53+/m1/s1. The molecule has 6 rings (SSSR count). The highest BCUT2D eigenvalue weighted by Crippen LogP contribution is 2.73. The molecule has 4 unspecified atom stereocenters. The van der Waals surface area contributed by atoms with Crippen molar-refractivity contribution in [1.29, 1.82) is 0 Å². The van der Waals surface area contributed by atoms with Crippen molar-refractivity contribution in [3.8, 4) is 0 Å². The number of imidazole rings is 2. The van der Waals surface area contributed by atoms with Gasteiger partial charge in [-0.1, -0.05) is 0 Å². The van der Waals surface area contributed by atoms with Gasteiger partial charge >= 0.3 is 31.3 Å². The molecule has 4 aromatic heterocycles. The summed E-state index contributed by atoms with van der Waals surface area (Å²) in [6.07, 6.45) is -8.73. The predicted molar refractivity (Wildman–Crippen MR) is 180 cm³/mol. The Morgan fingerprint density at radius 2 is 0.982 bits per heavy atom. The summed E-state index contributed by atoms with van der Waals surface area (Å²) >= 11 is 0. The minimum atomic E-state index is -6.39. The summed E-state index contributed by atoms with van der Waals surface area (Å²) in [5.41, 5.74) is 11.8. The normalized spacial score (nSPS) is 30.7. The molecule has 0 bridgehead atoms. The van der Waals surface area contributed by atoms with Crippen LogP contribution in [0.3, 0.4) is 0 Å². The van der Waals surface area contributed by atoms with Crippen LogP contribution in [0.25, 0.3) is 22.3 Å². The van der Waals surface area contributed by atoms with Crippen molar-refractivity contribution >= 4 is 80.3 Å². The number of fused-ring (bicyclic) bond motifs is 2. The Hall–Kier alpha value is -2.73. The molecular formula is C20H28BN10O21P5. The second-order valence-electron chi connectivity index (χ2n) is 11.6. The zero-order valence-electron chi connectivity index (χ0n) is 27.8. The van der Waals surface area contributed by atoms with Crippen LogP contribution < -0.4 is 11.5 Å². The molecule has 0 amide bonds. The van der Waals surface area contributed by atoms with Crippen LogP contribution in [0.15, 0.2) is 25.3 Å². The van der Waals surface area contributed by atoms with E-state index in [2.05, 4.69) is 51.7 Å². The zero-order chi connectivity index (χ0) is 41.9. The fraction of sp³-hybridized carbons (Fsp3) is 0.500. The van der Waals surface area contributed by atoms with Gasteiger partial charge in [0.15, 0.2) is 35.4 Å². The highest BCUT2D eigenvalue weighted by molar-refractivity contribution is 7.84. The van der Waals surface area contributed by atoms with Crippen LogP contribution in [-0.2, 0) is 58.6 Å². The summed E-state index contributed by atoms with van der Waals surface area (Å²) in [7, 11) is -24.9.